The van der Waals surface area contributed by atoms with E-state index in [1.807, 2.05) is 19.1 Å². The molecular weight excluding hydrogens is 328 g/mol. The van der Waals surface area contributed by atoms with Crippen molar-refractivity contribution >= 4 is 34.2 Å². The summed E-state index contributed by atoms with van der Waals surface area (Å²) in [5, 5.41) is 3.00. The molecule has 2 rings (SSSR count). The maximum Gasteiger partial charge on any atom is 0.221 e. The Hall–Kier alpha value is -0.580. The van der Waals surface area contributed by atoms with Crippen LogP contribution in [0.2, 0.25) is 0 Å². The maximum absolute atomic E-state index is 11.6. The summed E-state index contributed by atoms with van der Waals surface area (Å²) in [4.78, 5) is 11.6. The van der Waals surface area contributed by atoms with Gasteiger partial charge in [-0.2, -0.15) is 0 Å². The number of amides is 1. The van der Waals surface area contributed by atoms with Crippen molar-refractivity contribution in [1.82, 2.24) is 5.32 Å². The SMILES string of the molecule is CC(N)CC(=O)NCC1(c2cccc(Br)c2)CC1.Cl. The van der Waals surface area contributed by atoms with Crippen LogP contribution >= 0.6 is 28.3 Å². The van der Waals surface area contributed by atoms with Gasteiger partial charge in [-0.3, -0.25) is 4.79 Å². The second-order valence-corrected chi connectivity index (χ2v) is 6.16. The molecule has 1 aromatic carbocycles. The molecule has 3 N–H and O–H groups in total. The number of benzene rings is 1. The maximum atomic E-state index is 11.6. The highest BCUT2D eigenvalue weighted by atomic mass is 79.9. The number of carbonyl (C=O) groups excluding carboxylic acids is 1. The van der Waals surface area contributed by atoms with Gasteiger partial charge in [0.2, 0.25) is 5.91 Å². The van der Waals surface area contributed by atoms with E-state index in [-0.39, 0.29) is 29.8 Å². The number of hydrogen-bond donors (Lipinski definition) is 2. The summed E-state index contributed by atoms with van der Waals surface area (Å²) in [6.07, 6.45) is 2.68. The monoisotopic (exact) mass is 346 g/mol. The van der Waals surface area contributed by atoms with Crippen LogP contribution in [0.3, 0.4) is 0 Å². The Morgan fingerprint density at radius 3 is 2.74 bits per heavy atom. The van der Waals surface area contributed by atoms with Crippen LogP contribution in [0.25, 0.3) is 0 Å². The zero-order valence-electron chi connectivity index (χ0n) is 11.0. The van der Waals surface area contributed by atoms with E-state index in [1.165, 1.54) is 5.56 Å². The van der Waals surface area contributed by atoms with Crippen molar-refractivity contribution in [2.75, 3.05) is 6.54 Å². The van der Waals surface area contributed by atoms with Crippen molar-refractivity contribution < 1.29 is 4.79 Å². The molecule has 0 aromatic heterocycles. The minimum Gasteiger partial charge on any atom is -0.355 e. The molecule has 0 radical (unpaired) electrons. The van der Waals surface area contributed by atoms with E-state index in [1.54, 1.807) is 0 Å². The fourth-order valence-corrected chi connectivity index (χ4v) is 2.57. The summed E-state index contributed by atoms with van der Waals surface area (Å²) in [6.45, 7) is 2.57. The smallest absolute Gasteiger partial charge is 0.221 e. The fourth-order valence-electron chi connectivity index (χ4n) is 2.17. The lowest BCUT2D eigenvalue weighted by molar-refractivity contribution is -0.121. The highest BCUT2D eigenvalue weighted by Gasteiger charge is 2.44. The molecule has 5 heteroatoms. The van der Waals surface area contributed by atoms with E-state index in [2.05, 4.69) is 33.4 Å². The first-order valence-electron chi connectivity index (χ1n) is 6.30. The van der Waals surface area contributed by atoms with Gasteiger partial charge in [0.25, 0.3) is 0 Å². The van der Waals surface area contributed by atoms with E-state index in [9.17, 15) is 4.79 Å². The van der Waals surface area contributed by atoms with E-state index >= 15 is 0 Å². The van der Waals surface area contributed by atoms with Gasteiger partial charge in [-0.15, -0.1) is 12.4 Å². The molecule has 19 heavy (non-hydrogen) atoms. The molecule has 1 amide bonds. The quantitative estimate of drug-likeness (QED) is 0.860. The number of halogens is 2. The summed E-state index contributed by atoms with van der Waals surface area (Å²) < 4.78 is 1.09. The molecule has 0 aliphatic heterocycles. The van der Waals surface area contributed by atoms with Crippen LogP contribution in [0.15, 0.2) is 28.7 Å². The van der Waals surface area contributed by atoms with Crippen LogP contribution in [-0.2, 0) is 10.2 Å². The molecule has 106 valence electrons. The minimum atomic E-state index is -0.0778. The van der Waals surface area contributed by atoms with Gasteiger partial charge in [0, 0.05) is 28.9 Å². The number of carbonyl (C=O) groups is 1. The Morgan fingerprint density at radius 1 is 1.53 bits per heavy atom. The van der Waals surface area contributed by atoms with Gasteiger partial charge >= 0.3 is 0 Å². The van der Waals surface area contributed by atoms with Gasteiger partial charge in [-0.25, -0.2) is 0 Å². The van der Waals surface area contributed by atoms with Crippen LogP contribution in [0.4, 0.5) is 0 Å². The number of rotatable bonds is 5. The number of nitrogens with two attached hydrogens (primary N) is 1. The average molecular weight is 348 g/mol. The molecule has 1 unspecified atom stereocenters. The lowest BCUT2D eigenvalue weighted by Crippen LogP contribution is -2.35. The Kier molecular flexibility index (Phi) is 5.83. The normalized spacial score (nSPS) is 17.2. The van der Waals surface area contributed by atoms with Crippen LogP contribution in [0.1, 0.15) is 31.7 Å². The second-order valence-electron chi connectivity index (χ2n) is 5.25. The summed E-state index contributed by atoms with van der Waals surface area (Å²) in [5.41, 5.74) is 7.07. The molecule has 0 saturated heterocycles. The summed E-state index contributed by atoms with van der Waals surface area (Å²) in [6, 6.07) is 8.27. The Balaban J connectivity index is 0.00000180. The molecule has 1 fully saturated rings. The molecule has 0 heterocycles. The van der Waals surface area contributed by atoms with Crippen LogP contribution in [-0.4, -0.2) is 18.5 Å². The second kappa shape index (κ2) is 6.73. The molecule has 1 atom stereocenters. The third-order valence-corrected chi connectivity index (χ3v) is 3.92. The van der Waals surface area contributed by atoms with E-state index < -0.39 is 0 Å². The lowest BCUT2D eigenvalue weighted by Gasteiger charge is -2.17. The van der Waals surface area contributed by atoms with E-state index in [0.29, 0.717) is 6.42 Å². The first kappa shape index (κ1) is 16.5. The fraction of sp³-hybridized carbons (Fsp3) is 0.500. The van der Waals surface area contributed by atoms with Crippen molar-refractivity contribution in [2.24, 2.45) is 5.73 Å². The minimum absolute atomic E-state index is 0. The van der Waals surface area contributed by atoms with Crippen molar-refractivity contribution in [3.8, 4) is 0 Å². The van der Waals surface area contributed by atoms with Crippen molar-refractivity contribution in [1.29, 1.82) is 0 Å². The highest BCUT2D eigenvalue weighted by Crippen LogP contribution is 2.48. The van der Waals surface area contributed by atoms with Gasteiger partial charge < -0.3 is 11.1 Å². The Bertz CT molecular complexity index is 447. The molecule has 1 aliphatic rings. The van der Waals surface area contributed by atoms with Crippen molar-refractivity contribution in [3.63, 3.8) is 0 Å². The van der Waals surface area contributed by atoms with E-state index in [0.717, 1.165) is 23.9 Å². The van der Waals surface area contributed by atoms with Gasteiger partial charge in [0.15, 0.2) is 0 Å². The van der Waals surface area contributed by atoms with Gasteiger partial charge in [0.1, 0.15) is 0 Å². The van der Waals surface area contributed by atoms with Crippen LogP contribution in [0, 0.1) is 0 Å². The molecule has 0 spiro atoms. The van der Waals surface area contributed by atoms with Gasteiger partial charge in [0.05, 0.1) is 0 Å². The van der Waals surface area contributed by atoms with Crippen molar-refractivity contribution in [3.05, 3.63) is 34.3 Å². The third kappa shape index (κ3) is 4.48. The number of hydrogen-bond acceptors (Lipinski definition) is 2. The predicted molar refractivity (Wildman–Crippen MR) is 83.6 cm³/mol. The molecule has 1 aromatic rings. The Labute approximate surface area is 128 Å². The highest BCUT2D eigenvalue weighted by molar-refractivity contribution is 9.10. The molecule has 1 aliphatic carbocycles. The first-order chi connectivity index (χ1) is 8.52. The standard InChI is InChI=1S/C14H19BrN2O.ClH/c1-10(16)7-13(18)17-9-14(5-6-14)11-3-2-4-12(15)8-11;/h2-4,8,10H,5-7,9,16H2,1H3,(H,17,18);1H. The van der Waals surface area contributed by atoms with Crippen LogP contribution < -0.4 is 11.1 Å². The summed E-state index contributed by atoms with van der Waals surface area (Å²) in [5.74, 6) is 0.0475. The third-order valence-electron chi connectivity index (χ3n) is 3.42. The summed E-state index contributed by atoms with van der Waals surface area (Å²) >= 11 is 3.49. The Morgan fingerprint density at radius 2 is 2.21 bits per heavy atom. The topological polar surface area (TPSA) is 55.1 Å². The molecule has 3 nitrogen and oxygen atoms in total. The van der Waals surface area contributed by atoms with Crippen LogP contribution in [0.5, 0.6) is 0 Å². The van der Waals surface area contributed by atoms with Gasteiger partial charge in [-0.05, 0) is 37.5 Å². The molecule has 1 saturated carbocycles. The lowest BCUT2D eigenvalue weighted by atomic mass is 9.96. The largest absolute Gasteiger partial charge is 0.355 e. The molecular formula is C14H20BrClN2O. The predicted octanol–water partition coefficient (Wildman–Crippen LogP) is 2.76. The number of nitrogens with one attached hydrogen (secondary N) is 1. The van der Waals surface area contributed by atoms with Gasteiger partial charge in [-0.1, -0.05) is 28.1 Å². The van der Waals surface area contributed by atoms with E-state index in [4.69, 9.17) is 5.73 Å². The van der Waals surface area contributed by atoms with Crippen molar-refractivity contribution in [2.45, 2.75) is 37.6 Å². The average Bonchev–Trinajstić information content (AvgIpc) is 3.06. The zero-order chi connectivity index (χ0) is 13.2. The zero-order valence-corrected chi connectivity index (χ0v) is 13.4. The molecule has 0 bridgehead atoms. The first-order valence-corrected chi connectivity index (χ1v) is 7.09. The summed E-state index contributed by atoms with van der Waals surface area (Å²) in [7, 11) is 0.